The van der Waals surface area contributed by atoms with Gasteiger partial charge in [-0.1, -0.05) is 19.0 Å². The molecule has 0 amide bonds. The van der Waals surface area contributed by atoms with Gasteiger partial charge in [-0.3, -0.25) is 9.69 Å². The molecule has 19 heavy (non-hydrogen) atoms. The van der Waals surface area contributed by atoms with Crippen LogP contribution < -0.4 is 0 Å². The molecule has 6 nitrogen and oxygen atoms in total. The summed E-state index contributed by atoms with van der Waals surface area (Å²) in [5.41, 5.74) is 0. The molecule has 0 bridgehead atoms. The second-order valence-electron chi connectivity index (χ2n) is 5.17. The average molecular weight is 290 g/mol. The molecule has 0 unspecified atom stereocenters. The number of hydrogen-bond acceptors (Lipinski definition) is 5. The summed E-state index contributed by atoms with van der Waals surface area (Å²) in [5.74, 6) is 0.924. The van der Waals surface area contributed by atoms with Crippen molar-refractivity contribution in [3.63, 3.8) is 0 Å². The average Bonchev–Trinajstić information content (AvgIpc) is 2.87. The minimum atomic E-state index is -0.769. The van der Waals surface area contributed by atoms with Gasteiger partial charge in [0.2, 0.25) is 5.89 Å². The highest BCUT2D eigenvalue weighted by Gasteiger charge is 2.31. The molecule has 1 aromatic heterocycles. The second-order valence-corrected chi connectivity index (χ2v) is 5.17. The number of likely N-dealkylation sites (tertiary alicyclic amines) is 1. The summed E-state index contributed by atoms with van der Waals surface area (Å²) in [6, 6.07) is -0.412. The van der Waals surface area contributed by atoms with E-state index >= 15 is 0 Å². The molecule has 0 aliphatic carbocycles. The first kappa shape index (κ1) is 15.9. The largest absolute Gasteiger partial charge is 0.480 e. The zero-order valence-electron chi connectivity index (χ0n) is 11.2. The number of carboxylic acids is 1. The fraction of sp³-hybridized carbons (Fsp3) is 0.750. The first-order valence-electron chi connectivity index (χ1n) is 6.34. The van der Waals surface area contributed by atoms with Crippen LogP contribution >= 0.6 is 12.4 Å². The number of carboxylic acid groups (broad SMARTS) is 1. The zero-order chi connectivity index (χ0) is 13.1. The summed E-state index contributed by atoms with van der Waals surface area (Å²) in [5, 5.41) is 13.0. The van der Waals surface area contributed by atoms with Crippen LogP contribution in [0.3, 0.4) is 0 Å². The van der Waals surface area contributed by atoms with E-state index in [4.69, 9.17) is 9.63 Å². The molecule has 1 saturated heterocycles. The van der Waals surface area contributed by atoms with Crippen molar-refractivity contribution >= 4 is 18.4 Å². The van der Waals surface area contributed by atoms with Gasteiger partial charge in [0, 0.05) is 6.42 Å². The molecular weight excluding hydrogens is 270 g/mol. The number of hydrogen-bond donors (Lipinski definition) is 1. The quantitative estimate of drug-likeness (QED) is 0.889. The Morgan fingerprint density at radius 1 is 1.58 bits per heavy atom. The minimum Gasteiger partial charge on any atom is -0.480 e. The summed E-state index contributed by atoms with van der Waals surface area (Å²) in [4.78, 5) is 17.2. The number of aliphatic carboxylic acids is 1. The molecule has 1 N–H and O–H groups in total. The van der Waals surface area contributed by atoms with Crippen molar-refractivity contribution in [2.75, 3.05) is 6.54 Å². The predicted molar refractivity (Wildman–Crippen MR) is 71.2 cm³/mol. The van der Waals surface area contributed by atoms with Crippen molar-refractivity contribution in [2.45, 2.75) is 45.7 Å². The molecule has 108 valence electrons. The molecule has 0 radical (unpaired) electrons. The Balaban J connectivity index is 0.00000180. The van der Waals surface area contributed by atoms with Crippen molar-refractivity contribution in [1.29, 1.82) is 0 Å². The third-order valence-electron chi connectivity index (χ3n) is 3.09. The lowest BCUT2D eigenvalue weighted by Gasteiger charge is -2.18. The van der Waals surface area contributed by atoms with E-state index < -0.39 is 12.0 Å². The topological polar surface area (TPSA) is 79.5 Å². The van der Waals surface area contributed by atoms with Crippen LogP contribution in [0.25, 0.3) is 0 Å². The predicted octanol–water partition coefficient (Wildman–Crippen LogP) is 1.74. The molecule has 0 saturated carbocycles. The van der Waals surface area contributed by atoms with Gasteiger partial charge in [-0.15, -0.1) is 12.4 Å². The molecule has 1 aromatic rings. The molecular formula is C12H20ClN3O3. The Hall–Kier alpha value is -1.14. The number of rotatable bonds is 5. The van der Waals surface area contributed by atoms with E-state index in [0.29, 0.717) is 30.6 Å². The van der Waals surface area contributed by atoms with E-state index in [0.717, 1.165) is 19.4 Å². The first-order chi connectivity index (χ1) is 8.56. The Bertz CT molecular complexity index is 422. The zero-order valence-corrected chi connectivity index (χ0v) is 12.0. The molecule has 2 heterocycles. The van der Waals surface area contributed by atoms with Crippen molar-refractivity contribution in [3.05, 3.63) is 11.7 Å². The van der Waals surface area contributed by atoms with Gasteiger partial charge in [-0.25, -0.2) is 0 Å². The van der Waals surface area contributed by atoms with Gasteiger partial charge in [0.1, 0.15) is 6.04 Å². The van der Waals surface area contributed by atoms with Crippen LogP contribution in [-0.2, 0) is 17.8 Å². The molecule has 7 heteroatoms. The SMILES string of the molecule is CC(C)Cc1noc(CN2CCC[C@H]2C(=O)O)n1.Cl. The van der Waals surface area contributed by atoms with Gasteiger partial charge >= 0.3 is 5.97 Å². The van der Waals surface area contributed by atoms with Crippen LogP contribution in [0.1, 0.15) is 38.4 Å². The van der Waals surface area contributed by atoms with E-state index in [1.165, 1.54) is 0 Å². The highest BCUT2D eigenvalue weighted by atomic mass is 35.5. The second kappa shape index (κ2) is 6.86. The molecule has 1 fully saturated rings. The Morgan fingerprint density at radius 3 is 2.95 bits per heavy atom. The smallest absolute Gasteiger partial charge is 0.320 e. The summed E-state index contributed by atoms with van der Waals surface area (Å²) < 4.78 is 5.16. The minimum absolute atomic E-state index is 0. The third kappa shape index (κ3) is 4.18. The van der Waals surface area contributed by atoms with E-state index in [1.807, 2.05) is 4.90 Å². The van der Waals surface area contributed by atoms with E-state index in [9.17, 15) is 4.79 Å². The fourth-order valence-corrected chi connectivity index (χ4v) is 2.27. The van der Waals surface area contributed by atoms with Crippen molar-refractivity contribution in [1.82, 2.24) is 15.0 Å². The lowest BCUT2D eigenvalue weighted by Crippen LogP contribution is -2.35. The Labute approximate surface area is 118 Å². The summed E-state index contributed by atoms with van der Waals surface area (Å²) in [6.07, 6.45) is 2.39. The van der Waals surface area contributed by atoms with E-state index in [1.54, 1.807) is 0 Å². The van der Waals surface area contributed by atoms with Crippen LogP contribution in [0, 0.1) is 5.92 Å². The Morgan fingerprint density at radius 2 is 2.32 bits per heavy atom. The normalized spacial score (nSPS) is 19.6. The van der Waals surface area contributed by atoms with Crippen molar-refractivity contribution in [3.8, 4) is 0 Å². The Kier molecular flexibility index (Phi) is 5.75. The highest BCUT2D eigenvalue weighted by Crippen LogP contribution is 2.19. The van der Waals surface area contributed by atoms with Crippen LogP contribution in [0.2, 0.25) is 0 Å². The van der Waals surface area contributed by atoms with Gasteiger partial charge in [0.05, 0.1) is 6.54 Å². The lowest BCUT2D eigenvalue weighted by atomic mass is 10.1. The van der Waals surface area contributed by atoms with Gasteiger partial charge in [0.25, 0.3) is 0 Å². The summed E-state index contributed by atoms with van der Waals surface area (Å²) in [6.45, 7) is 5.40. The van der Waals surface area contributed by atoms with Crippen LogP contribution in [-0.4, -0.2) is 38.7 Å². The van der Waals surface area contributed by atoms with Crippen LogP contribution in [0.15, 0.2) is 4.52 Å². The first-order valence-corrected chi connectivity index (χ1v) is 6.34. The summed E-state index contributed by atoms with van der Waals surface area (Å²) in [7, 11) is 0. The highest BCUT2D eigenvalue weighted by molar-refractivity contribution is 5.85. The number of nitrogens with zero attached hydrogens (tertiary/aromatic N) is 3. The van der Waals surface area contributed by atoms with Gasteiger partial charge in [-0.2, -0.15) is 4.98 Å². The number of halogens is 1. The monoisotopic (exact) mass is 289 g/mol. The van der Waals surface area contributed by atoms with Crippen LogP contribution in [0.5, 0.6) is 0 Å². The molecule has 2 rings (SSSR count). The van der Waals surface area contributed by atoms with E-state index in [2.05, 4.69) is 24.0 Å². The number of carbonyl (C=O) groups is 1. The maximum atomic E-state index is 11.0. The van der Waals surface area contributed by atoms with Crippen LogP contribution in [0.4, 0.5) is 0 Å². The van der Waals surface area contributed by atoms with Gasteiger partial charge in [-0.05, 0) is 25.3 Å². The maximum Gasteiger partial charge on any atom is 0.320 e. The molecule has 1 atom stereocenters. The fourth-order valence-electron chi connectivity index (χ4n) is 2.27. The third-order valence-corrected chi connectivity index (χ3v) is 3.09. The number of aromatic nitrogens is 2. The lowest BCUT2D eigenvalue weighted by molar-refractivity contribution is -0.142. The van der Waals surface area contributed by atoms with Crippen molar-refractivity contribution in [2.24, 2.45) is 5.92 Å². The van der Waals surface area contributed by atoms with Gasteiger partial charge in [0.15, 0.2) is 5.82 Å². The molecule has 1 aliphatic heterocycles. The molecule has 0 aromatic carbocycles. The molecule has 0 spiro atoms. The molecule has 1 aliphatic rings. The van der Waals surface area contributed by atoms with Gasteiger partial charge < -0.3 is 9.63 Å². The maximum absolute atomic E-state index is 11.0. The standard InChI is InChI=1S/C12H19N3O3.ClH/c1-8(2)6-10-13-11(18-14-10)7-15-5-3-4-9(15)12(16)17;/h8-9H,3-7H2,1-2H3,(H,16,17);1H/t9-;/m0./s1. The summed E-state index contributed by atoms with van der Waals surface area (Å²) >= 11 is 0. The van der Waals surface area contributed by atoms with Crippen molar-refractivity contribution < 1.29 is 14.4 Å². The van der Waals surface area contributed by atoms with E-state index in [-0.39, 0.29) is 12.4 Å².